The number of aliphatic imine (C=N–C) groups is 1. The molecule has 9 heteroatoms. The molecule has 0 unspecified atom stereocenters. The van der Waals surface area contributed by atoms with Crippen LogP contribution in [0.1, 0.15) is 12.5 Å². The minimum absolute atomic E-state index is 0.544. The van der Waals surface area contributed by atoms with E-state index in [1.807, 2.05) is 54.6 Å². The van der Waals surface area contributed by atoms with E-state index in [4.69, 9.17) is 14.6 Å². The number of nitrogens with zero attached hydrogens (tertiary/aromatic N) is 2. The topological polar surface area (TPSA) is 93.0 Å². The minimum atomic E-state index is -0.953. The van der Waals surface area contributed by atoms with Crippen LogP contribution in [-0.2, 0) is 4.79 Å². The second-order valence-electron chi connectivity index (χ2n) is 7.73. The number of rotatable bonds is 6. The van der Waals surface area contributed by atoms with Crippen LogP contribution in [0.15, 0.2) is 64.1 Å². The Kier molecular flexibility index (Phi) is 6.21. The number of carbonyl (C=O) groups is 1. The fourth-order valence-electron chi connectivity index (χ4n) is 3.58. The second-order valence-corrected chi connectivity index (χ2v) is 9.33. The van der Waals surface area contributed by atoms with Gasteiger partial charge in [-0.2, -0.15) is 4.37 Å². The van der Waals surface area contributed by atoms with Crippen LogP contribution in [0, 0.1) is 0 Å². The van der Waals surface area contributed by atoms with Crippen LogP contribution in [0.3, 0.4) is 0 Å². The molecule has 172 valence electrons. The maximum Gasteiger partial charge on any atom is 0.328 e. The molecular formula is C25H20BrN3O4S. The molecule has 0 radical (unpaired) electrons. The largest absolute Gasteiger partial charge is 0.486 e. The summed E-state index contributed by atoms with van der Waals surface area (Å²) >= 11 is 5.13. The molecule has 0 spiro atoms. The molecule has 2 heterocycles. The normalized spacial score (nSPS) is 13.8. The molecule has 0 aliphatic carbocycles. The lowest BCUT2D eigenvalue weighted by Gasteiger charge is -2.19. The number of ether oxygens (including phenoxy) is 2. The maximum absolute atomic E-state index is 11.0. The van der Waals surface area contributed by atoms with E-state index in [1.165, 1.54) is 11.5 Å². The average molecular weight is 538 g/mol. The van der Waals surface area contributed by atoms with Crippen LogP contribution in [0.25, 0.3) is 21.2 Å². The third kappa shape index (κ3) is 4.49. The first-order valence-corrected chi connectivity index (χ1v) is 12.2. The Morgan fingerprint density at radius 1 is 1.18 bits per heavy atom. The number of anilines is 2. The van der Waals surface area contributed by atoms with Gasteiger partial charge in [0, 0.05) is 16.1 Å². The van der Waals surface area contributed by atoms with Crippen molar-refractivity contribution < 1.29 is 19.4 Å². The van der Waals surface area contributed by atoms with Gasteiger partial charge in [0.15, 0.2) is 17.3 Å². The third-order valence-corrected chi connectivity index (χ3v) is 7.07. The predicted octanol–water partition coefficient (Wildman–Crippen LogP) is 6.13. The zero-order valence-electron chi connectivity index (χ0n) is 18.1. The lowest BCUT2D eigenvalue weighted by atomic mass is 10.0. The highest BCUT2D eigenvalue weighted by molar-refractivity contribution is 9.10. The SMILES string of the molecule is C[C@H](N=Cc1ccc2c(Nc3cccc(-c4ccc5c(c4)OCCO5)c3Br)nsc2c1)C(=O)O. The number of hydrogen-bond acceptors (Lipinski definition) is 7. The molecule has 0 saturated heterocycles. The van der Waals surface area contributed by atoms with Crippen molar-refractivity contribution in [2.45, 2.75) is 13.0 Å². The van der Waals surface area contributed by atoms with Crippen molar-refractivity contribution in [1.29, 1.82) is 0 Å². The first kappa shape index (κ1) is 22.4. The number of aromatic nitrogens is 1. The van der Waals surface area contributed by atoms with E-state index in [1.54, 1.807) is 13.1 Å². The molecule has 0 saturated carbocycles. The number of fused-ring (bicyclic) bond motifs is 2. The standard InChI is InChI=1S/C25H20BrN3O4S/c1-14(25(30)31)27-13-15-5-7-18-22(11-15)34-29-24(18)28-19-4-2-3-17(23(19)26)16-6-8-20-21(12-16)33-10-9-32-20/h2-8,11-14H,9-10H2,1H3,(H,28,29)(H,30,31)/t14-/m0/s1. The van der Waals surface area contributed by atoms with Gasteiger partial charge in [0.1, 0.15) is 19.3 Å². The summed E-state index contributed by atoms with van der Waals surface area (Å²) in [7, 11) is 0. The van der Waals surface area contributed by atoms with Gasteiger partial charge >= 0.3 is 5.97 Å². The van der Waals surface area contributed by atoms with E-state index in [2.05, 4.69) is 30.6 Å². The number of hydrogen-bond donors (Lipinski definition) is 2. The molecular weight excluding hydrogens is 518 g/mol. The summed E-state index contributed by atoms with van der Waals surface area (Å²) in [5.41, 5.74) is 3.76. The highest BCUT2D eigenvalue weighted by Gasteiger charge is 2.16. The lowest BCUT2D eigenvalue weighted by molar-refractivity contribution is -0.137. The molecule has 0 bridgehead atoms. The molecule has 1 aliphatic rings. The average Bonchev–Trinajstić information content (AvgIpc) is 3.25. The van der Waals surface area contributed by atoms with Gasteiger partial charge < -0.3 is 19.9 Å². The first-order valence-electron chi connectivity index (χ1n) is 10.6. The van der Waals surface area contributed by atoms with Crippen LogP contribution in [0.4, 0.5) is 11.5 Å². The van der Waals surface area contributed by atoms with Gasteiger partial charge in [0.05, 0.1) is 10.4 Å². The van der Waals surface area contributed by atoms with E-state index in [9.17, 15) is 4.79 Å². The molecule has 2 N–H and O–H groups in total. The number of halogens is 1. The van der Waals surface area contributed by atoms with Gasteiger partial charge in [0.25, 0.3) is 0 Å². The molecule has 7 nitrogen and oxygen atoms in total. The Morgan fingerprint density at radius 3 is 2.82 bits per heavy atom. The van der Waals surface area contributed by atoms with Crippen LogP contribution >= 0.6 is 27.5 Å². The minimum Gasteiger partial charge on any atom is -0.486 e. The van der Waals surface area contributed by atoms with Crippen LogP contribution in [-0.4, -0.2) is 40.9 Å². The second kappa shape index (κ2) is 9.44. The summed E-state index contributed by atoms with van der Waals surface area (Å²) < 4.78 is 17.9. The van der Waals surface area contributed by atoms with Gasteiger partial charge in [-0.15, -0.1) is 0 Å². The molecule has 3 aromatic carbocycles. The monoisotopic (exact) mass is 537 g/mol. The number of benzene rings is 3. The Bertz CT molecular complexity index is 1420. The number of carboxylic acids is 1. The van der Waals surface area contributed by atoms with Crippen LogP contribution in [0.5, 0.6) is 11.5 Å². The van der Waals surface area contributed by atoms with Gasteiger partial charge in [-0.1, -0.05) is 24.3 Å². The quantitative estimate of drug-likeness (QED) is 0.287. The van der Waals surface area contributed by atoms with Crippen molar-refractivity contribution in [1.82, 2.24) is 4.37 Å². The predicted molar refractivity (Wildman–Crippen MR) is 138 cm³/mol. The van der Waals surface area contributed by atoms with Gasteiger partial charge in [-0.25, -0.2) is 4.79 Å². The van der Waals surface area contributed by atoms with Gasteiger partial charge in [-0.05, 0) is 81.4 Å². The van der Waals surface area contributed by atoms with Crippen molar-refractivity contribution in [2.75, 3.05) is 18.5 Å². The number of carboxylic acid groups (broad SMARTS) is 1. The van der Waals surface area contributed by atoms with Crippen molar-refractivity contribution in [3.63, 3.8) is 0 Å². The van der Waals surface area contributed by atoms with Crippen molar-refractivity contribution in [3.05, 3.63) is 64.6 Å². The highest BCUT2D eigenvalue weighted by atomic mass is 79.9. The molecule has 34 heavy (non-hydrogen) atoms. The first-order chi connectivity index (χ1) is 16.5. The maximum atomic E-state index is 11.0. The van der Waals surface area contributed by atoms with Gasteiger partial charge in [0.2, 0.25) is 0 Å². The lowest BCUT2D eigenvalue weighted by Crippen LogP contribution is -2.15. The van der Waals surface area contributed by atoms with E-state index in [0.717, 1.165) is 54.3 Å². The highest BCUT2D eigenvalue weighted by Crippen LogP contribution is 2.40. The zero-order chi connectivity index (χ0) is 23.7. The summed E-state index contributed by atoms with van der Waals surface area (Å²) in [6.45, 7) is 2.65. The summed E-state index contributed by atoms with van der Waals surface area (Å²) in [5, 5.41) is 13.4. The molecule has 1 aliphatic heterocycles. The van der Waals surface area contributed by atoms with Crippen LogP contribution in [0.2, 0.25) is 0 Å². The Labute approximate surface area is 208 Å². The Hall–Kier alpha value is -3.43. The molecule has 5 rings (SSSR count). The van der Waals surface area contributed by atoms with Crippen molar-refractivity contribution in [2.24, 2.45) is 4.99 Å². The zero-order valence-corrected chi connectivity index (χ0v) is 20.5. The molecule has 0 amide bonds. The van der Waals surface area contributed by atoms with Gasteiger partial charge in [-0.3, -0.25) is 4.99 Å². The summed E-state index contributed by atoms with van der Waals surface area (Å²) in [5.74, 6) is 1.31. The van der Waals surface area contributed by atoms with Crippen molar-refractivity contribution >= 4 is 61.2 Å². The summed E-state index contributed by atoms with van der Waals surface area (Å²) in [6.07, 6.45) is 1.58. The Morgan fingerprint density at radius 2 is 2.00 bits per heavy atom. The van der Waals surface area contributed by atoms with E-state index in [-0.39, 0.29) is 0 Å². The van der Waals surface area contributed by atoms with E-state index < -0.39 is 12.0 Å². The van der Waals surface area contributed by atoms with E-state index >= 15 is 0 Å². The van der Waals surface area contributed by atoms with E-state index in [0.29, 0.717) is 13.2 Å². The smallest absolute Gasteiger partial charge is 0.328 e. The number of aliphatic carboxylic acids is 1. The number of nitrogens with one attached hydrogen (secondary N) is 1. The summed E-state index contributed by atoms with van der Waals surface area (Å²) in [4.78, 5) is 15.0. The molecule has 1 aromatic heterocycles. The Balaban J connectivity index is 1.41. The third-order valence-electron chi connectivity index (χ3n) is 5.41. The molecule has 0 fully saturated rings. The molecule has 4 aromatic rings. The summed E-state index contributed by atoms with van der Waals surface area (Å²) in [6, 6.07) is 17.0. The fourth-order valence-corrected chi connectivity index (χ4v) is 4.95. The van der Waals surface area contributed by atoms with Crippen LogP contribution < -0.4 is 14.8 Å². The fraction of sp³-hybridized carbons (Fsp3) is 0.160. The molecule has 1 atom stereocenters. The van der Waals surface area contributed by atoms with Crippen molar-refractivity contribution in [3.8, 4) is 22.6 Å².